The van der Waals surface area contributed by atoms with Crippen molar-refractivity contribution >= 4 is 23.3 Å². The van der Waals surface area contributed by atoms with Gasteiger partial charge in [-0.3, -0.25) is 25.4 Å². The van der Waals surface area contributed by atoms with E-state index in [9.17, 15) is 9.59 Å². The largest absolute Gasteiger partial charge is 0.481 e. The van der Waals surface area contributed by atoms with Crippen molar-refractivity contribution in [3.05, 3.63) is 30.3 Å². The number of carboxylic acids is 1. The summed E-state index contributed by atoms with van der Waals surface area (Å²) in [4.78, 5) is 25.7. The van der Waals surface area contributed by atoms with Gasteiger partial charge < -0.3 is 5.11 Å². The van der Waals surface area contributed by atoms with E-state index in [1.807, 2.05) is 30.3 Å². The van der Waals surface area contributed by atoms with Crippen LogP contribution < -0.4 is 10.9 Å². The summed E-state index contributed by atoms with van der Waals surface area (Å²) in [5.74, 6) is -0.886. The van der Waals surface area contributed by atoms with Crippen molar-refractivity contribution in [1.29, 1.82) is 0 Å². The molecule has 0 fully saturated rings. The molecule has 0 aliphatic rings. The first-order valence-corrected chi connectivity index (χ1v) is 5.94. The summed E-state index contributed by atoms with van der Waals surface area (Å²) in [7, 11) is 0. The van der Waals surface area contributed by atoms with Gasteiger partial charge in [-0.05, 0) is 18.6 Å². The van der Waals surface area contributed by atoms with E-state index >= 15 is 0 Å². The highest BCUT2D eigenvalue weighted by atomic mass is 16.4. The van der Waals surface area contributed by atoms with Crippen molar-refractivity contribution in [2.75, 3.05) is 12.0 Å². The molecular weight excluding hydrogens is 246 g/mol. The Labute approximate surface area is 111 Å². The normalized spacial score (nSPS) is 10.9. The van der Waals surface area contributed by atoms with Gasteiger partial charge in [-0.2, -0.15) is 0 Å². The van der Waals surface area contributed by atoms with Gasteiger partial charge in [0.15, 0.2) is 11.6 Å². The molecule has 0 aliphatic carbocycles. The second-order valence-electron chi connectivity index (χ2n) is 3.90. The number of ketones is 1. The Hall–Kier alpha value is -2.37. The van der Waals surface area contributed by atoms with E-state index in [4.69, 9.17) is 5.11 Å². The lowest BCUT2D eigenvalue weighted by Gasteiger charge is -2.09. The van der Waals surface area contributed by atoms with Crippen LogP contribution in [0, 0.1) is 0 Å². The molecule has 0 saturated heterocycles. The van der Waals surface area contributed by atoms with Crippen LogP contribution in [0.25, 0.3) is 0 Å². The maximum absolute atomic E-state index is 11.3. The third-order valence-corrected chi connectivity index (χ3v) is 2.25. The van der Waals surface area contributed by atoms with Crippen LogP contribution in [0.4, 0.5) is 5.69 Å². The first-order valence-electron chi connectivity index (χ1n) is 5.94. The number of hydrazine groups is 1. The fourth-order valence-corrected chi connectivity index (χ4v) is 1.31. The summed E-state index contributed by atoms with van der Waals surface area (Å²) in [5, 5.41) is 8.50. The van der Waals surface area contributed by atoms with Crippen LogP contribution in [-0.4, -0.2) is 29.2 Å². The van der Waals surface area contributed by atoms with Gasteiger partial charge in [-0.1, -0.05) is 18.2 Å². The molecule has 0 aromatic heterocycles. The fourth-order valence-electron chi connectivity index (χ4n) is 1.31. The molecule has 3 N–H and O–H groups in total. The molecule has 0 spiro atoms. The number of hydrogen-bond acceptors (Lipinski definition) is 4. The van der Waals surface area contributed by atoms with Gasteiger partial charge >= 0.3 is 5.97 Å². The molecular formula is C13H17N3O3. The first kappa shape index (κ1) is 14.7. The van der Waals surface area contributed by atoms with Gasteiger partial charge in [0, 0.05) is 19.9 Å². The molecule has 19 heavy (non-hydrogen) atoms. The van der Waals surface area contributed by atoms with E-state index in [-0.39, 0.29) is 18.0 Å². The summed E-state index contributed by atoms with van der Waals surface area (Å²) < 4.78 is 0. The number of carbonyl (C=O) groups excluding carboxylic acids is 1. The Morgan fingerprint density at radius 1 is 1.26 bits per heavy atom. The number of anilines is 1. The van der Waals surface area contributed by atoms with Crippen LogP contribution >= 0.6 is 0 Å². The second-order valence-corrected chi connectivity index (χ2v) is 3.90. The van der Waals surface area contributed by atoms with Crippen LogP contribution in [-0.2, 0) is 9.59 Å². The first-order chi connectivity index (χ1) is 9.09. The molecule has 0 radical (unpaired) electrons. The van der Waals surface area contributed by atoms with Crippen LogP contribution in [0.5, 0.6) is 0 Å². The second kappa shape index (κ2) is 7.86. The zero-order valence-corrected chi connectivity index (χ0v) is 10.7. The standard InChI is InChI=1S/C13H17N3O3/c1-10(17)13(14-9-5-8-12(18)19)16-15-11-6-3-2-4-7-11/h2-4,6-7,15H,5,8-9H2,1H3,(H,14,16)(H,18,19). The van der Waals surface area contributed by atoms with Crippen molar-refractivity contribution in [2.45, 2.75) is 19.8 Å². The number of nitrogens with zero attached hydrogens (tertiary/aromatic N) is 1. The quantitative estimate of drug-likeness (QED) is 0.300. The van der Waals surface area contributed by atoms with Crippen molar-refractivity contribution in [1.82, 2.24) is 5.43 Å². The highest BCUT2D eigenvalue weighted by Gasteiger charge is 2.04. The fraction of sp³-hybridized carbons (Fsp3) is 0.308. The Morgan fingerprint density at radius 2 is 1.95 bits per heavy atom. The lowest BCUT2D eigenvalue weighted by Crippen LogP contribution is -2.34. The van der Waals surface area contributed by atoms with Crippen molar-refractivity contribution in [3.8, 4) is 0 Å². The average molecular weight is 263 g/mol. The maximum Gasteiger partial charge on any atom is 0.303 e. The Bertz CT molecular complexity index is 457. The minimum absolute atomic E-state index is 0.0425. The molecule has 6 nitrogen and oxygen atoms in total. The molecule has 0 bridgehead atoms. The van der Waals surface area contributed by atoms with E-state index in [2.05, 4.69) is 15.8 Å². The van der Waals surface area contributed by atoms with Crippen molar-refractivity contribution in [3.63, 3.8) is 0 Å². The summed E-state index contributed by atoms with van der Waals surface area (Å²) >= 11 is 0. The zero-order chi connectivity index (χ0) is 14.1. The van der Waals surface area contributed by atoms with E-state index in [0.717, 1.165) is 5.69 Å². The molecule has 0 amide bonds. The number of Topliss-reactive ketones (excluding diaryl/α,β-unsaturated/α-hetero) is 1. The van der Waals surface area contributed by atoms with Gasteiger partial charge in [-0.15, -0.1) is 0 Å². The van der Waals surface area contributed by atoms with Crippen molar-refractivity contribution in [2.24, 2.45) is 4.99 Å². The summed E-state index contributed by atoms with van der Waals surface area (Å²) in [6, 6.07) is 9.30. The van der Waals surface area contributed by atoms with Gasteiger partial charge in [0.25, 0.3) is 0 Å². The van der Waals surface area contributed by atoms with Gasteiger partial charge in [-0.25, -0.2) is 0 Å². The molecule has 1 aromatic carbocycles. The SMILES string of the molecule is CC(=O)C(=NCCCC(=O)O)NNc1ccccc1. The van der Waals surface area contributed by atoms with Crippen LogP contribution in [0.1, 0.15) is 19.8 Å². The topological polar surface area (TPSA) is 90.8 Å². The number of nitrogens with one attached hydrogen (secondary N) is 2. The molecule has 102 valence electrons. The molecule has 0 aliphatic heterocycles. The van der Waals surface area contributed by atoms with Gasteiger partial charge in [0.2, 0.25) is 0 Å². The molecule has 0 unspecified atom stereocenters. The highest BCUT2D eigenvalue weighted by Crippen LogP contribution is 2.02. The molecule has 0 atom stereocenters. The number of amidine groups is 1. The number of hydrogen-bond donors (Lipinski definition) is 3. The lowest BCUT2D eigenvalue weighted by atomic mass is 10.3. The number of rotatable bonds is 7. The molecule has 0 saturated carbocycles. The minimum atomic E-state index is -0.866. The number of carbonyl (C=O) groups is 2. The zero-order valence-electron chi connectivity index (χ0n) is 10.7. The van der Waals surface area contributed by atoms with Crippen LogP contribution in [0.2, 0.25) is 0 Å². The number of para-hydroxylation sites is 1. The summed E-state index contributed by atoms with van der Waals surface area (Å²) in [5.41, 5.74) is 6.39. The van der Waals surface area contributed by atoms with Crippen LogP contribution in [0.3, 0.4) is 0 Å². The third kappa shape index (κ3) is 6.21. The average Bonchev–Trinajstić information content (AvgIpc) is 2.38. The van der Waals surface area contributed by atoms with E-state index in [0.29, 0.717) is 13.0 Å². The number of aliphatic carboxylic acids is 1. The Morgan fingerprint density at radius 3 is 2.53 bits per heavy atom. The highest BCUT2D eigenvalue weighted by molar-refractivity contribution is 6.38. The Balaban J connectivity index is 2.46. The van der Waals surface area contributed by atoms with Gasteiger partial charge in [0.05, 0.1) is 5.69 Å². The van der Waals surface area contributed by atoms with E-state index in [1.54, 1.807) is 0 Å². The van der Waals surface area contributed by atoms with Crippen molar-refractivity contribution < 1.29 is 14.7 Å². The number of aliphatic imine (C=N–C) groups is 1. The summed E-state index contributed by atoms with van der Waals surface area (Å²) in [6.07, 6.45) is 0.444. The lowest BCUT2D eigenvalue weighted by molar-refractivity contribution is -0.137. The Kier molecular flexibility index (Phi) is 6.08. The maximum atomic E-state index is 11.3. The molecule has 6 heteroatoms. The smallest absolute Gasteiger partial charge is 0.303 e. The minimum Gasteiger partial charge on any atom is -0.481 e. The molecule has 1 rings (SSSR count). The monoisotopic (exact) mass is 263 g/mol. The molecule has 1 aromatic rings. The van der Waals surface area contributed by atoms with Gasteiger partial charge in [0.1, 0.15) is 0 Å². The third-order valence-electron chi connectivity index (χ3n) is 2.25. The number of benzene rings is 1. The predicted octanol–water partition coefficient (Wildman–Crippen LogP) is 1.46. The number of carboxylic acid groups (broad SMARTS) is 1. The van der Waals surface area contributed by atoms with Crippen LogP contribution in [0.15, 0.2) is 35.3 Å². The van der Waals surface area contributed by atoms with E-state index in [1.165, 1.54) is 6.92 Å². The predicted molar refractivity (Wildman–Crippen MR) is 73.1 cm³/mol. The summed E-state index contributed by atoms with van der Waals surface area (Å²) in [6.45, 7) is 1.69. The molecule has 0 heterocycles. The van der Waals surface area contributed by atoms with E-state index < -0.39 is 5.97 Å².